The highest BCUT2D eigenvalue weighted by molar-refractivity contribution is 7.88. The smallest absolute Gasteiger partial charge is 0.265 e. The van der Waals surface area contributed by atoms with E-state index in [9.17, 15) is 18.0 Å². The van der Waals surface area contributed by atoms with E-state index in [1.807, 2.05) is 12.1 Å². The summed E-state index contributed by atoms with van der Waals surface area (Å²) in [7, 11) is -1.94. The summed E-state index contributed by atoms with van der Waals surface area (Å²) in [4.78, 5) is 25.9. The summed E-state index contributed by atoms with van der Waals surface area (Å²) in [6.07, 6.45) is 0.165. The van der Waals surface area contributed by atoms with Crippen molar-refractivity contribution in [3.05, 3.63) is 59.7 Å². The fourth-order valence-corrected chi connectivity index (χ4v) is 3.72. The van der Waals surface area contributed by atoms with Crippen LogP contribution in [0.5, 0.6) is 5.75 Å². The highest BCUT2D eigenvalue weighted by Gasteiger charge is 2.25. The van der Waals surface area contributed by atoms with E-state index >= 15 is 0 Å². The van der Waals surface area contributed by atoms with Gasteiger partial charge in [-0.2, -0.15) is 0 Å². The van der Waals surface area contributed by atoms with Gasteiger partial charge in [-0.05, 0) is 30.3 Å². The Morgan fingerprint density at radius 2 is 1.79 bits per heavy atom. The van der Waals surface area contributed by atoms with Crippen molar-refractivity contribution in [3.8, 4) is 5.75 Å². The van der Waals surface area contributed by atoms with E-state index in [0.29, 0.717) is 23.5 Å². The number of carbonyl (C=O) groups excluding carboxylic acids is 2. The quantitative estimate of drug-likeness (QED) is 0.671. The van der Waals surface area contributed by atoms with Crippen LogP contribution in [0, 0.1) is 0 Å². The Kier molecular flexibility index (Phi) is 6.50. The van der Waals surface area contributed by atoms with Crippen molar-refractivity contribution >= 4 is 27.5 Å². The first-order chi connectivity index (χ1) is 13.9. The molecule has 0 bridgehead atoms. The second-order valence-electron chi connectivity index (χ2n) is 6.61. The van der Waals surface area contributed by atoms with Crippen LogP contribution in [-0.2, 0) is 31.9 Å². The minimum atomic E-state index is -3.32. The summed E-state index contributed by atoms with van der Waals surface area (Å²) >= 11 is 0. The summed E-state index contributed by atoms with van der Waals surface area (Å²) < 4.78 is 30.8. The number of nitrogens with zero attached hydrogens (tertiary/aromatic N) is 1. The maximum absolute atomic E-state index is 12.2. The van der Waals surface area contributed by atoms with Gasteiger partial charge in [0.05, 0.1) is 11.4 Å². The first-order valence-electron chi connectivity index (χ1n) is 9.16. The predicted molar refractivity (Wildman–Crippen MR) is 109 cm³/mol. The average Bonchev–Trinajstić information content (AvgIpc) is 2.72. The predicted octanol–water partition coefficient (Wildman–Crippen LogP) is 1.17. The SMILES string of the molecule is CNS(=O)(=O)Cc1ccc(CNC(=O)CCN2C(=O)COc3ccccc32)cc1. The van der Waals surface area contributed by atoms with Gasteiger partial charge in [-0.3, -0.25) is 9.59 Å². The molecule has 2 amide bonds. The van der Waals surface area contributed by atoms with E-state index in [-0.39, 0.29) is 37.1 Å². The van der Waals surface area contributed by atoms with Crippen molar-refractivity contribution < 1.29 is 22.7 Å². The van der Waals surface area contributed by atoms with E-state index in [2.05, 4.69) is 10.0 Å². The van der Waals surface area contributed by atoms with Crippen molar-refractivity contribution in [1.29, 1.82) is 0 Å². The molecule has 0 unspecified atom stereocenters. The second-order valence-corrected chi connectivity index (χ2v) is 8.53. The van der Waals surface area contributed by atoms with Crippen LogP contribution < -0.4 is 19.7 Å². The molecule has 0 saturated carbocycles. The highest BCUT2D eigenvalue weighted by Crippen LogP contribution is 2.31. The van der Waals surface area contributed by atoms with Gasteiger partial charge >= 0.3 is 0 Å². The van der Waals surface area contributed by atoms with Crippen molar-refractivity contribution in [2.75, 3.05) is 25.1 Å². The van der Waals surface area contributed by atoms with Gasteiger partial charge in [-0.25, -0.2) is 13.1 Å². The second kappa shape index (κ2) is 9.06. The first-order valence-corrected chi connectivity index (χ1v) is 10.8. The Morgan fingerprint density at radius 1 is 1.10 bits per heavy atom. The molecule has 1 aliphatic heterocycles. The van der Waals surface area contributed by atoms with E-state index in [1.165, 1.54) is 7.05 Å². The summed E-state index contributed by atoms with van der Waals surface area (Å²) in [5, 5.41) is 2.82. The number of sulfonamides is 1. The van der Waals surface area contributed by atoms with Crippen LogP contribution in [0.2, 0.25) is 0 Å². The molecule has 1 aliphatic rings. The molecule has 0 spiro atoms. The minimum absolute atomic E-state index is 0.0335. The van der Waals surface area contributed by atoms with Crippen LogP contribution in [0.25, 0.3) is 0 Å². The van der Waals surface area contributed by atoms with E-state index < -0.39 is 10.0 Å². The standard InChI is InChI=1S/C20H23N3O5S/c1-21-29(26,27)14-16-8-6-15(7-9-16)12-22-19(24)10-11-23-17-4-2-3-5-18(17)28-13-20(23)25/h2-9,21H,10-14H2,1H3,(H,22,24). The largest absolute Gasteiger partial charge is 0.482 e. The lowest BCUT2D eigenvalue weighted by molar-refractivity contribution is -0.122. The van der Waals surface area contributed by atoms with E-state index in [1.54, 1.807) is 41.3 Å². The topological polar surface area (TPSA) is 105 Å². The molecule has 154 valence electrons. The number of hydrogen-bond donors (Lipinski definition) is 2. The van der Waals surface area contributed by atoms with Gasteiger partial charge in [-0.1, -0.05) is 36.4 Å². The zero-order chi connectivity index (χ0) is 20.9. The molecule has 0 aliphatic carbocycles. The van der Waals surface area contributed by atoms with Gasteiger partial charge in [0.2, 0.25) is 15.9 Å². The first kappa shape index (κ1) is 20.8. The molecule has 0 saturated heterocycles. The van der Waals surface area contributed by atoms with Crippen LogP contribution in [-0.4, -0.2) is 40.4 Å². The number of fused-ring (bicyclic) bond motifs is 1. The van der Waals surface area contributed by atoms with Gasteiger partial charge in [-0.15, -0.1) is 0 Å². The van der Waals surface area contributed by atoms with E-state index in [0.717, 1.165) is 5.56 Å². The Labute approximate surface area is 169 Å². The molecule has 3 rings (SSSR count). The normalized spacial score (nSPS) is 13.6. The van der Waals surface area contributed by atoms with Crippen molar-refractivity contribution in [3.63, 3.8) is 0 Å². The molecule has 9 heteroatoms. The molecule has 2 N–H and O–H groups in total. The van der Waals surface area contributed by atoms with Gasteiger partial charge < -0.3 is 15.0 Å². The Hall–Kier alpha value is -2.91. The molecule has 0 aromatic heterocycles. The average molecular weight is 417 g/mol. The zero-order valence-electron chi connectivity index (χ0n) is 16.1. The van der Waals surface area contributed by atoms with Gasteiger partial charge in [0, 0.05) is 19.5 Å². The molecule has 2 aromatic rings. The Bertz CT molecular complexity index is 989. The lowest BCUT2D eigenvalue weighted by atomic mass is 10.1. The number of ether oxygens (including phenoxy) is 1. The molecule has 2 aromatic carbocycles. The van der Waals surface area contributed by atoms with Gasteiger partial charge in [0.25, 0.3) is 5.91 Å². The van der Waals surface area contributed by atoms with Crippen molar-refractivity contribution in [2.45, 2.75) is 18.7 Å². The number of rotatable bonds is 8. The number of anilines is 1. The van der Waals surface area contributed by atoms with E-state index in [4.69, 9.17) is 4.74 Å². The lowest BCUT2D eigenvalue weighted by Gasteiger charge is -2.29. The van der Waals surface area contributed by atoms with Crippen LogP contribution in [0.15, 0.2) is 48.5 Å². The molecule has 0 radical (unpaired) electrons. The molecular weight excluding hydrogens is 394 g/mol. The number of carbonyl (C=O) groups is 2. The fraction of sp³-hybridized carbons (Fsp3) is 0.300. The van der Waals surface area contributed by atoms with Crippen LogP contribution in [0.4, 0.5) is 5.69 Å². The highest BCUT2D eigenvalue weighted by atomic mass is 32.2. The van der Waals surface area contributed by atoms with Crippen LogP contribution >= 0.6 is 0 Å². The molecule has 29 heavy (non-hydrogen) atoms. The fourth-order valence-electron chi connectivity index (χ4n) is 2.95. The summed E-state index contributed by atoms with van der Waals surface area (Å²) in [5.41, 5.74) is 2.19. The third kappa shape index (κ3) is 5.55. The monoisotopic (exact) mass is 417 g/mol. The number of amides is 2. The number of hydrogen-bond acceptors (Lipinski definition) is 5. The molecule has 0 atom stereocenters. The maximum Gasteiger partial charge on any atom is 0.265 e. The Morgan fingerprint density at radius 3 is 2.52 bits per heavy atom. The minimum Gasteiger partial charge on any atom is -0.482 e. The Balaban J connectivity index is 1.50. The summed E-state index contributed by atoms with van der Waals surface area (Å²) in [6.45, 7) is 0.561. The maximum atomic E-state index is 12.2. The number of benzene rings is 2. The van der Waals surface area contributed by atoms with Crippen LogP contribution in [0.1, 0.15) is 17.5 Å². The third-order valence-electron chi connectivity index (χ3n) is 4.55. The van der Waals surface area contributed by atoms with Crippen LogP contribution in [0.3, 0.4) is 0 Å². The summed E-state index contributed by atoms with van der Waals surface area (Å²) in [5.74, 6) is 0.186. The van der Waals surface area contributed by atoms with Crippen molar-refractivity contribution in [1.82, 2.24) is 10.0 Å². The third-order valence-corrected chi connectivity index (χ3v) is 5.89. The molecule has 1 heterocycles. The molecular formula is C20H23N3O5S. The number of nitrogens with one attached hydrogen (secondary N) is 2. The lowest BCUT2D eigenvalue weighted by Crippen LogP contribution is -2.41. The number of para-hydroxylation sites is 2. The molecule has 0 fully saturated rings. The molecule has 8 nitrogen and oxygen atoms in total. The van der Waals surface area contributed by atoms with Gasteiger partial charge in [0.1, 0.15) is 5.75 Å². The van der Waals surface area contributed by atoms with Gasteiger partial charge in [0.15, 0.2) is 6.61 Å². The summed E-state index contributed by atoms with van der Waals surface area (Å²) in [6, 6.07) is 14.2. The zero-order valence-corrected chi connectivity index (χ0v) is 16.9. The van der Waals surface area contributed by atoms with Crippen molar-refractivity contribution in [2.24, 2.45) is 0 Å².